The summed E-state index contributed by atoms with van der Waals surface area (Å²) in [6.45, 7) is 1.61. The standard InChI is InChI=1S/C27H26N6O/c1-32(19-20-10-4-2-5-11-20)27(34)26-24(33-15-9-8-14-25(33)29-26)18-28-17-22-16-23(31-30-22)21-12-6-3-7-13-21/h2-16,28H,17-19H2,1H3,(H,30,31). The number of carbonyl (C=O) groups is 1. The third-order valence-electron chi connectivity index (χ3n) is 5.75. The van der Waals surface area contributed by atoms with Gasteiger partial charge in [0.05, 0.1) is 11.4 Å². The molecule has 1 amide bonds. The van der Waals surface area contributed by atoms with Crippen LogP contribution in [-0.2, 0) is 19.6 Å². The highest BCUT2D eigenvalue weighted by atomic mass is 16.2. The number of nitrogens with one attached hydrogen (secondary N) is 2. The van der Waals surface area contributed by atoms with Crippen LogP contribution in [0.3, 0.4) is 0 Å². The van der Waals surface area contributed by atoms with Gasteiger partial charge in [0.25, 0.3) is 5.91 Å². The van der Waals surface area contributed by atoms with Crippen LogP contribution in [0.15, 0.2) is 91.1 Å². The van der Waals surface area contributed by atoms with Crippen molar-refractivity contribution < 1.29 is 4.79 Å². The zero-order chi connectivity index (χ0) is 23.3. The molecular formula is C27H26N6O. The highest BCUT2D eigenvalue weighted by Gasteiger charge is 2.22. The van der Waals surface area contributed by atoms with Gasteiger partial charge < -0.3 is 14.6 Å². The zero-order valence-corrected chi connectivity index (χ0v) is 19.0. The lowest BCUT2D eigenvalue weighted by Crippen LogP contribution is -2.28. The first-order valence-electron chi connectivity index (χ1n) is 11.2. The molecule has 3 heterocycles. The van der Waals surface area contributed by atoms with Crippen LogP contribution in [0, 0.1) is 0 Å². The summed E-state index contributed by atoms with van der Waals surface area (Å²) in [7, 11) is 1.81. The minimum Gasteiger partial charge on any atom is -0.336 e. The van der Waals surface area contributed by atoms with Crippen molar-refractivity contribution in [3.05, 3.63) is 114 Å². The van der Waals surface area contributed by atoms with Crippen LogP contribution in [-0.4, -0.2) is 37.4 Å². The second kappa shape index (κ2) is 9.72. The number of aromatic amines is 1. The van der Waals surface area contributed by atoms with Crippen LogP contribution in [0.4, 0.5) is 0 Å². The van der Waals surface area contributed by atoms with Crippen molar-refractivity contribution in [3.63, 3.8) is 0 Å². The fourth-order valence-electron chi connectivity index (χ4n) is 4.02. The maximum Gasteiger partial charge on any atom is 0.274 e. The minimum atomic E-state index is -0.0998. The zero-order valence-electron chi connectivity index (χ0n) is 19.0. The van der Waals surface area contributed by atoms with Crippen molar-refractivity contribution >= 4 is 11.6 Å². The fraction of sp³-hybridized carbons (Fsp3) is 0.148. The van der Waals surface area contributed by atoms with E-state index in [0.717, 1.165) is 33.9 Å². The number of aromatic nitrogens is 4. The molecule has 7 nitrogen and oxygen atoms in total. The summed E-state index contributed by atoms with van der Waals surface area (Å²) in [5.41, 5.74) is 6.09. The van der Waals surface area contributed by atoms with E-state index in [1.807, 2.05) is 103 Å². The van der Waals surface area contributed by atoms with E-state index in [1.165, 1.54) is 0 Å². The Morgan fingerprint density at radius 1 is 0.971 bits per heavy atom. The Kier molecular flexibility index (Phi) is 6.18. The van der Waals surface area contributed by atoms with E-state index in [-0.39, 0.29) is 5.91 Å². The molecule has 0 radical (unpaired) electrons. The van der Waals surface area contributed by atoms with E-state index in [9.17, 15) is 4.79 Å². The molecular weight excluding hydrogens is 424 g/mol. The molecule has 7 heteroatoms. The van der Waals surface area contributed by atoms with Crippen molar-refractivity contribution in [1.82, 2.24) is 29.8 Å². The third-order valence-corrected chi connectivity index (χ3v) is 5.75. The molecule has 2 N–H and O–H groups in total. The number of hydrogen-bond donors (Lipinski definition) is 2. The van der Waals surface area contributed by atoms with Crippen molar-refractivity contribution in [3.8, 4) is 11.3 Å². The topological polar surface area (TPSA) is 78.3 Å². The molecule has 5 rings (SSSR count). The van der Waals surface area contributed by atoms with Gasteiger partial charge in [0.1, 0.15) is 5.65 Å². The molecule has 0 spiro atoms. The average molecular weight is 451 g/mol. The summed E-state index contributed by atoms with van der Waals surface area (Å²) in [6.07, 6.45) is 1.94. The Morgan fingerprint density at radius 3 is 2.50 bits per heavy atom. The number of H-pyrrole nitrogens is 1. The van der Waals surface area contributed by atoms with Gasteiger partial charge in [-0.3, -0.25) is 9.89 Å². The predicted octanol–water partition coefficient (Wildman–Crippen LogP) is 4.29. The monoisotopic (exact) mass is 450 g/mol. The number of hydrogen-bond acceptors (Lipinski definition) is 4. The summed E-state index contributed by atoms with van der Waals surface area (Å²) in [4.78, 5) is 19.7. The largest absolute Gasteiger partial charge is 0.336 e. The highest BCUT2D eigenvalue weighted by Crippen LogP contribution is 2.18. The smallest absolute Gasteiger partial charge is 0.274 e. The Morgan fingerprint density at radius 2 is 1.71 bits per heavy atom. The highest BCUT2D eigenvalue weighted by molar-refractivity contribution is 5.94. The summed E-state index contributed by atoms with van der Waals surface area (Å²) in [5.74, 6) is -0.0998. The van der Waals surface area contributed by atoms with Gasteiger partial charge in [-0.1, -0.05) is 66.7 Å². The lowest BCUT2D eigenvalue weighted by Gasteiger charge is -2.17. The summed E-state index contributed by atoms with van der Waals surface area (Å²) < 4.78 is 1.97. The fourth-order valence-corrected chi connectivity index (χ4v) is 4.02. The number of amides is 1. The Balaban J connectivity index is 1.32. The number of benzene rings is 2. The first-order valence-corrected chi connectivity index (χ1v) is 11.2. The first-order chi connectivity index (χ1) is 16.7. The molecule has 170 valence electrons. The molecule has 0 unspecified atom stereocenters. The third kappa shape index (κ3) is 4.60. The maximum atomic E-state index is 13.3. The number of carbonyl (C=O) groups excluding carboxylic acids is 1. The minimum absolute atomic E-state index is 0.0998. The second-order valence-corrected chi connectivity index (χ2v) is 8.23. The van der Waals surface area contributed by atoms with Gasteiger partial charge >= 0.3 is 0 Å². The number of pyridine rings is 1. The van der Waals surface area contributed by atoms with E-state index in [1.54, 1.807) is 4.90 Å². The SMILES string of the molecule is CN(Cc1ccccc1)C(=O)c1nc2ccccn2c1CNCc1cc(-c2ccccc2)n[nH]1. The van der Waals surface area contributed by atoms with Crippen LogP contribution < -0.4 is 5.32 Å². The number of fused-ring (bicyclic) bond motifs is 1. The van der Waals surface area contributed by atoms with Gasteiger partial charge in [-0.05, 0) is 23.8 Å². The molecule has 2 aromatic carbocycles. The molecule has 0 saturated heterocycles. The quantitative estimate of drug-likeness (QED) is 0.370. The van der Waals surface area contributed by atoms with Gasteiger partial charge in [0.2, 0.25) is 0 Å². The van der Waals surface area contributed by atoms with Gasteiger partial charge in [0, 0.05) is 44.1 Å². The average Bonchev–Trinajstić information content (AvgIpc) is 3.50. The Labute approximate surface area is 198 Å². The Hall–Kier alpha value is -4.23. The molecule has 5 aromatic rings. The molecule has 0 fully saturated rings. The Bertz CT molecular complexity index is 1390. The second-order valence-electron chi connectivity index (χ2n) is 8.23. The number of rotatable bonds is 8. The molecule has 0 atom stereocenters. The van der Waals surface area contributed by atoms with Crippen LogP contribution in [0.1, 0.15) is 27.4 Å². The van der Waals surface area contributed by atoms with Crippen molar-refractivity contribution in [2.24, 2.45) is 0 Å². The molecule has 34 heavy (non-hydrogen) atoms. The van der Waals surface area contributed by atoms with Crippen molar-refractivity contribution in [1.29, 1.82) is 0 Å². The van der Waals surface area contributed by atoms with Gasteiger partial charge in [0.15, 0.2) is 5.69 Å². The molecule has 0 aliphatic rings. The van der Waals surface area contributed by atoms with Crippen LogP contribution in [0.2, 0.25) is 0 Å². The predicted molar refractivity (Wildman–Crippen MR) is 132 cm³/mol. The summed E-state index contributed by atoms with van der Waals surface area (Å²) in [6, 6.07) is 27.9. The van der Waals surface area contributed by atoms with Crippen LogP contribution >= 0.6 is 0 Å². The van der Waals surface area contributed by atoms with E-state index in [0.29, 0.717) is 25.3 Å². The number of imidazole rings is 1. The summed E-state index contributed by atoms with van der Waals surface area (Å²) in [5, 5.41) is 11.0. The van der Waals surface area contributed by atoms with E-state index >= 15 is 0 Å². The van der Waals surface area contributed by atoms with Gasteiger partial charge in [-0.2, -0.15) is 5.10 Å². The molecule has 3 aromatic heterocycles. The number of nitrogens with zero attached hydrogens (tertiary/aromatic N) is 4. The molecule has 0 aliphatic carbocycles. The molecule has 0 bridgehead atoms. The van der Waals surface area contributed by atoms with E-state index < -0.39 is 0 Å². The van der Waals surface area contributed by atoms with Crippen LogP contribution in [0.25, 0.3) is 16.9 Å². The normalized spacial score (nSPS) is 11.1. The summed E-state index contributed by atoms with van der Waals surface area (Å²) >= 11 is 0. The van der Waals surface area contributed by atoms with Gasteiger partial charge in [-0.15, -0.1) is 0 Å². The van der Waals surface area contributed by atoms with E-state index in [4.69, 9.17) is 0 Å². The molecule has 0 saturated carbocycles. The first kappa shape index (κ1) is 21.6. The van der Waals surface area contributed by atoms with Gasteiger partial charge in [-0.25, -0.2) is 4.98 Å². The lowest BCUT2D eigenvalue weighted by molar-refractivity contribution is 0.0778. The van der Waals surface area contributed by atoms with Crippen LogP contribution in [0.5, 0.6) is 0 Å². The van der Waals surface area contributed by atoms with Crippen molar-refractivity contribution in [2.75, 3.05) is 7.05 Å². The molecule has 0 aliphatic heterocycles. The lowest BCUT2D eigenvalue weighted by atomic mass is 10.1. The van der Waals surface area contributed by atoms with Crippen molar-refractivity contribution in [2.45, 2.75) is 19.6 Å². The van der Waals surface area contributed by atoms with E-state index in [2.05, 4.69) is 20.5 Å². The maximum absolute atomic E-state index is 13.3.